The number of aliphatic hydroxyl groups is 1. The van der Waals surface area contributed by atoms with E-state index in [4.69, 9.17) is 0 Å². The summed E-state index contributed by atoms with van der Waals surface area (Å²) in [7, 11) is 0. The van der Waals surface area contributed by atoms with Crippen molar-refractivity contribution in [3.05, 3.63) is 110 Å². The largest absolute Gasteiger partial charge is 0.369 e. The first-order valence-corrected chi connectivity index (χ1v) is 12.0. The summed E-state index contributed by atoms with van der Waals surface area (Å²) >= 11 is 1.48. The summed E-state index contributed by atoms with van der Waals surface area (Å²) in [5.41, 5.74) is 9.02. The lowest BCUT2D eigenvalue weighted by Crippen LogP contribution is -2.29. The highest BCUT2D eigenvalue weighted by Gasteiger charge is 2.30. The number of nitroso groups, excluding NO2 is 1. The molecule has 170 valence electrons. The fourth-order valence-corrected chi connectivity index (χ4v) is 5.51. The normalized spacial score (nSPS) is 17.5. The Morgan fingerprint density at radius 1 is 1.26 bits per heavy atom. The first-order chi connectivity index (χ1) is 16.6. The number of amides is 1. The van der Waals surface area contributed by atoms with Crippen LogP contribution in [0, 0.1) is 4.91 Å². The van der Waals surface area contributed by atoms with Gasteiger partial charge in [-0.1, -0.05) is 48.9 Å². The second kappa shape index (κ2) is 9.29. The monoisotopic (exact) mass is 469 g/mol. The third-order valence-corrected chi connectivity index (χ3v) is 7.08. The SMILES string of the molecule is CCc1cccc(CC2=CC(C(=O)N=O)=C(C3=CC=CNC3O)c3c(ccc4ncsc34)C2)c1. The van der Waals surface area contributed by atoms with Crippen molar-refractivity contribution in [3.8, 4) is 0 Å². The van der Waals surface area contributed by atoms with Crippen LogP contribution in [-0.4, -0.2) is 22.2 Å². The van der Waals surface area contributed by atoms with E-state index < -0.39 is 12.1 Å². The van der Waals surface area contributed by atoms with Crippen molar-refractivity contribution in [2.45, 2.75) is 32.4 Å². The minimum Gasteiger partial charge on any atom is -0.369 e. The molecular formula is C27H23N3O3S. The van der Waals surface area contributed by atoms with Gasteiger partial charge in [-0.05, 0) is 60.4 Å². The number of nitrogens with one attached hydrogen (secondary N) is 1. The van der Waals surface area contributed by atoms with E-state index in [1.165, 1.54) is 16.9 Å². The maximum Gasteiger partial charge on any atom is 0.317 e. The van der Waals surface area contributed by atoms with E-state index in [2.05, 4.69) is 40.6 Å². The Labute approximate surface area is 201 Å². The zero-order valence-corrected chi connectivity index (χ0v) is 19.4. The number of hydrogen-bond acceptors (Lipinski definition) is 6. The third kappa shape index (κ3) is 4.04. The summed E-state index contributed by atoms with van der Waals surface area (Å²) in [6.45, 7) is 2.12. The van der Waals surface area contributed by atoms with E-state index in [0.29, 0.717) is 24.0 Å². The van der Waals surface area contributed by atoms with Crippen LogP contribution in [0.25, 0.3) is 15.8 Å². The highest BCUT2D eigenvalue weighted by molar-refractivity contribution is 7.17. The number of aliphatic hydroxyl groups excluding tert-OH is 1. The van der Waals surface area contributed by atoms with Crippen LogP contribution >= 0.6 is 11.3 Å². The predicted octanol–water partition coefficient (Wildman–Crippen LogP) is 4.99. The van der Waals surface area contributed by atoms with Gasteiger partial charge >= 0.3 is 5.91 Å². The lowest BCUT2D eigenvalue weighted by Gasteiger charge is -2.23. The zero-order chi connectivity index (χ0) is 23.7. The van der Waals surface area contributed by atoms with Crippen LogP contribution in [0.5, 0.6) is 0 Å². The maximum atomic E-state index is 12.9. The molecule has 1 aromatic heterocycles. The molecule has 1 unspecified atom stereocenters. The summed E-state index contributed by atoms with van der Waals surface area (Å²) in [6.07, 6.45) is 8.11. The number of allylic oxidation sites excluding steroid dienone is 3. The van der Waals surface area contributed by atoms with Gasteiger partial charge in [-0.2, -0.15) is 0 Å². The van der Waals surface area contributed by atoms with Crippen LogP contribution in [0.4, 0.5) is 0 Å². The average Bonchev–Trinajstić information content (AvgIpc) is 3.27. The summed E-state index contributed by atoms with van der Waals surface area (Å²) in [6, 6.07) is 12.4. The number of nitrogens with zero attached hydrogens (tertiary/aromatic N) is 2. The summed E-state index contributed by atoms with van der Waals surface area (Å²) in [4.78, 5) is 28.9. The molecule has 0 bridgehead atoms. The van der Waals surface area contributed by atoms with E-state index in [9.17, 15) is 14.8 Å². The number of carbonyl (C=O) groups excluding carboxylic acids is 1. The quantitative estimate of drug-likeness (QED) is 0.514. The Morgan fingerprint density at radius 3 is 2.91 bits per heavy atom. The van der Waals surface area contributed by atoms with E-state index in [-0.39, 0.29) is 5.57 Å². The molecular weight excluding hydrogens is 446 g/mol. The van der Waals surface area contributed by atoms with Gasteiger partial charge in [0.05, 0.1) is 21.3 Å². The Hall–Kier alpha value is -3.68. The number of hydrogen-bond donors (Lipinski definition) is 2. The van der Waals surface area contributed by atoms with Gasteiger partial charge in [0.1, 0.15) is 0 Å². The van der Waals surface area contributed by atoms with Gasteiger partial charge in [-0.25, -0.2) is 4.98 Å². The minimum absolute atomic E-state index is 0.193. The molecule has 0 saturated heterocycles. The molecule has 1 amide bonds. The molecule has 1 atom stereocenters. The number of rotatable bonds is 5. The van der Waals surface area contributed by atoms with Gasteiger partial charge in [-0.15, -0.1) is 16.2 Å². The molecule has 7 heteroatoms. The smallest absolute Gasteiger partial charge is 0.317 e. The lowest BCUT2D eigenvalue weighted by atomic mass is 9.88. The number of carbonyl (C=O) groups is 1. The van der Waals surface area contributed by atoms with E-state index in [0.717, 1.165) is 38.9 Å². The van der Waals surface area contributed by atoms with Crippen molar-refractivity contribution < 1.29 is 9.90 Å². The molecule has 1 aliphatic carbocycles. The fraction of sp³-hybridized carbons (Fsp3) is 0.185. The second-order valence-corrected chi connectivity index (χ2v) is 9.22. The molecule has 2 heterocycles. The molecule has 0 spiro atoms. The molecule has 2 N–H and O–H groups in total. The summed E-state index contributed by atoms with van der Waals surface area (Å²) < 4.78 is 0.911. The van der Waals surface area contributed by atoms with Gasteiger partial charge in [-0.3, -0.25) is 4.79 Å². The van der Waals surface area contributed by atoms with E-state index in [1.807, 2.05) is 18.2 Å². The lowest BCUT2D eigenvalue weighted by molar-refractivity contribution is -0.114. The maximum absolute atomic E-state index is 12.9. The molecule has 2 aromatic carbocycles. The number of fused-ring (bicyclic) bond motifs is 3. The van der Waals surface area contributed by atoms with Crippen molar-refractivity contribution in [3.63, 3.8) is 0 Å². The average molecular weight is 470 g/mol. The Morgan fingerprint density at radius 2 is 2.12 bits per heavy atom. The first-order valence-electron chi connectivity index (χ1n) is 11.1. The molecule has 5 rings (SSSR count). The molecule has 6 nitrogen and oxygen atoms in total. The number of dihydropyridines is 1. The molecule has 2 aliphatic rings. The van der Waals surface area contributed by atoms with Crippen molar-refractivity contribution >= 4 is 33.0 Å². The number of aromatic nitrogens is 1. The molecule has 3 aromatic rings. The van der Waals surface area contributed by atoms with Crippen LogP contribution in [0.1, 0.15) is 29.2 Å². The first kappa shape index (κ1) is 22.1. The Bertz CT molecular complexity index is 1430. The topological polar surface area (TPSA) is 91.7 Å². The minimum atomic E-state index is -1.03. The van der Waals surface area contributed by atoms with Crippen LogP contribution in [0.3, 0.4) is 0 Å². The molecule has 0 fully saturated rings. The zero-order valence-electron chi connectivity index (χ0n) is 18.6. The van der Waals surface area contributed by atoms with Crippen molar-refractivity contribution in [1.29, 1.82) is 0 Å². The van der Waals surface area contributed by atoms with E-state index >= 15 is 0 Å². The number of aryl methyl sites for hydroxylation is 1. The van der Waals surface area contributed by atoms with Crippen LogP contribution in [0.15, 0.2) is 88.2 Å². The standard InChI is InChI=1S/C27H23N3O3S/c1-2-16-5-3-6-17(11-16)12-18-13-19-8-9-22-25(34-15-29-22)23(19)24(21(14-18)27(32)30-33)20-7-4-10-28-26(20)31/h3-11,14-15,26,28,31H,2,12-13H2,1H3. The van der Waals surface area contributed by atoms with Crippen LogP contribution < -0.4 is 5.32 Å². The molecule has 0 saturated carbocycles. The Balaban J connectivity index is 1.77. The van der Waals surface area contributed by atoms with E-state index in [1.54, 1.807) is 29.9 Å². The number of benzene rings is 2. The Kier molecular flexibility index (Phi) is 6.04. The van der Waals surface area contributed by atoms with Crippen molar-refractivity contribution in [2.24, 2.45) is 5.18 Å². The van der Waals surface area contributed by atoms with Crippen molar-refractivity contribution in [1.82, 2.24) is 10.3 Å². The fourth-order valence-electron chi connectivity index (χ4n) is 4.65. The van der Waals surface area contributed by atoms with Crippen LogP contribution in [0.2, 0.25) is 0 Å². The third-order valence-electron chi connectivity index (χ3n) is 6.22. The van der Waals surface area contributed by atoms with Gasteiger partial charge in [0.25, 0.3) is 0 Å². The van der Waals surface area contributed by atoms with Gasteiger partial charge in [0.15, 0.2) is 6.23 Å². The summed E-state index contributed by atoms with van der Waals surface area (Å²) in [5, 5.41) is 16.4. The van der Waals surface area contributed by atoms with Crippen LogP contribution in [-0.2, 0) is 24.1 Å². The van der Waals surface area contributed by atoms with Gasteiger partial charge in [0, 0.05) is 21.9 Å². The van der Waals surface area contributed by atoms with Gasteiger partial charge < -0.3 is 10.4 Å². The number of thiazole rings is 1. The summed E-state index contributed by atoms with van der Waals surface area (Å²) in [5.74, 6) is -0.855. The predicted molar refractivity (Wildman–Crippen MR) is 135 cm³/mol. The highest BCUT2D eigenvalue weighted by atomic mass is 32.1. The molecule has 0 radical (unpaired) electrons. The molecule has 34 heavy (non-hydrogen) atoms. The highest BCUT2D eigenvalue weighted by Crippen LogP contribution is 2.42. The second-order valence-electron chi connectivity index (χ2n) is 8.37. The van der Waals surface area contributed by atoms with Gasteiger partial charge in [0.2, 0.25) is 0 Å². The van der Waals surface area contributed by atoms with Crippen molar-refractivity contribution in [2.75, 3.05) is 0 Å². The molecule has 1 aliphatic heterocycles.